The first kappa shape index (κ1) is 12.8. The van der Waals surface area contributed by atoms with Crippen molar-refractivity contribution in [1.29, 1.82) is 0 Å². The molecular weight excluding hydrogens is 230 g/mol. The first-order valence-corrected chi connectivity index (χ1v) is 6.28. The minimum atomic E-state index is -0.00356. The predicted octanol–water partition coefficient (Wildman–Crippen LogP) is 0.914. The van der Waals surface area contributed by atoms with E-state index in [1.54, 1.807) is 18.3 Å². The SMILES string of the molecule is CCN(C(=O)c1cccnc1OC)C1CCNC1. The Balaban J connectivity index is 2.22. The number of hydrogen-bond donors (Lipinski definition) is 1. The lowest BCUT2D eigenvalue weighted by Crippen LogP contribution is -2.41. The van der Waals surface area contributed by atoms with Crippen LogP contribution in [-0.2, 0) is 0 Å². The van der Waals surface area contributed by atoms with Gasteiger partial charge in [0.15, 0.2) is 0 Å². The molecule has 1 saturated heterocycles. The number of nitrogens with zero attached hydrogens (tertiary/aromatic N) is 2. The number of methoxy groups -OCH3 is 1. The van der Waals surface area contributed by atoms with Gasteiger partial charge >= 0.3 is 0 Å². The van der Waals surface area contributed by atoms with Gasteiger partial charge in [-0.1, -0.05) is 0 Å². The molecule has 1 aliphatic rings. The zero-order chi connectivity index (χ0) is 13.0. The molecule has 2 heterocycles. The fourth-order valence-electron chi connectivity index (χ4n) is 2.34. The van der Waals surface area contributed by atoms with Crippen LogP contribution in [0.3, 0.4) is 0 Å². The summed E-state index contributed by atoms with van der Waals surface area (Å²) in [6, 6.07) is 3.79. The highest BCUT2D eigenvalue weighted by Crippen LogP contribution is 2.19. The van der Waals surface area contributed by atoms with E-state index in [4.69, 9.17) is 4.74 Å². The van der Waals surface area contributed by atoms with Crippen molar-refractivity contribution in [3.05, 3.63) is 23.9 Å². The molecular formula is C13H19N3O2. The third-order valence-electron chi connectivity index (χ3n) is 3.27. The highest BCUT2D eigenvalue weighted by atomic mass is 16.5. The Hall–Kier alpha value is -1.62. The van der Waals surface area contributed by atoms with Crippen molar-refractivity contribution in [3.8, 4) is 5.88 Å². The second-order valence-electron chi connectivity index (χ2n) is 4.30. The van der Waals surface area contributed by atoms with Crippen LogP contribution in [-0.4, -0.2) is 48.6 Å². The summed E-state index contributed by atoms with van der Waals surface area (Å²) < 4.78 is 5.15. The van der Waals surface area contributed by atoms with Gasteiger partial charge in [-0.3, -0.25) is 4.79 Å². The van der Waals surface area contributed by atoms with Crippen LogP contribution in [0.25, 0.3) is 0 Å². The van der Waals surface area contributed by atoms with Crippen LogP contribution in [0.5, 0.6) is 5.88 Å². The largest absolute Gasteiger partial charge is 0.480 e. The molecule has 0 bridgehead atoms. The molecule has 0 saturated carbocycles. The second-order valence-corrected chi connectivity index (χ2v) is 4.30. The lowest BCUT2D eigenvalue weighted by atomic mass is 10.1. The van der Waals surface area contributed by atoms with Gasteiger partial charge in [-0.15, -0.1) is 0 Å². The average Bonchev–Trinajstić information content (AvgIpc) is 2.93. The van der Waals surface area contributed by atoms with Gasteiger partial charge in [0.25, 0.3) is 5.91 Å². The maximum absolute atomic E-state index is 12.5. The molecule has 2 rings (SSSR count). The first-order valence-electron chi connectivity index (χ1n) is 6.28. The molecule has 5 nitrogen and oxygen atoms in total. The molecule has 1 N–H and O–H groups in total. The molecule has 0 aromatic carbocycles. The minimum Gasteiger partial charge on any atom is -0.480 e. The van der Waals surface area contributed by atoms with Crippen molar-refractivity contribution >= 4 is 5.91 Å². The van der Waals surface area contributed by atoms with E-state index in [9.17, 15) is 4.79 Å². The van der Waals surface area contributed by atoms with Gasteiger partial charge in [0.2, 0.25) is 5.88 Å². The van der Waals surface area contributed by atoms with E-state index in [0.717, 1.165) is 19.5 Å². The van der Waals surface area contributed by atoms with Gasteiger partial charge in [0.1, 0.15) is 5.56 Å². The molecule has 5 heteroatoms. The summed E-state index contributed by atoms with van der Waals surface area (Å²) in [5.41, 5.74) is 0.536. The van der Waals surface area contributed by atoms with Crippen LogP contribution >= 0.6 is 0 Å². The summed E-state index contributed by atoms with van der Waals surface area (Å²) in [4.78, 5) is 18.5. The van der Waals surface area contributed by atoms with E-state index in [1.165, 1.54) is 7.11 Å². The van der Waals surface area contributed by atoms with Crippen LogP contribution in [0.1, 0.15) is 23.7 Å². The summed E-state index contributed by atoms with van der Waals surface area (Å²) >= 11 is 0. The van der Waals surface area contributed by atoms with Gasteiger partial charge in [0.05, 0.1) is 7.11 Å². The molecule has 0 aliphatic carbocycles. The molecule has 0 spiro atoms. The number of rotatable bonds is 4. The monoisotopic (exact) mass is 249 g/mol. The number of hydrogen-bond acceptors (Lipinski definition) is 4. The normalized spacial score (nSPS) is 18.7. The summed E-state index contributed by atoms with van der Waals surface area (Å²) in [6.45, 7) is 4.53. The lowest BCUT2D eigenvalue weighted by molar-refractivity contribution is 0.0699. The molecule has 1 fully saturated rings. The van der Waals surface area contributed by atoms with Gasteiger partial charge in [0, 0.05) is 25.3 Å². The van der Waals surface area contributed by atoms with Gasteiger partial charge in [-0.05, 0) is 32.0 Å². The maximum Gasteiger partial charge on any atom is 0.259 e. The molecule has 1 unspecified atom stereocenters. The third kappa shape index (κ3) is 2.46. The standard InChI is InChI=1S/C13H19N3O2/c1-3-16(10-6-8-14-9-10)13(17)11-5-4-7-15-12(11)18-2/h4-5,7,10,14H,3,6,8-9H2,1-2H3. The molecule has 1 aromatic heterocycles. The minimum absolute atomic E-state index is 0.00356. The van der Waals surface area contributed by atoms with Crippen molar-refractivity contribution in [3.63, 3.8) is 0 Å². The fraction of sp³-hybridized carbons (Fsp3) is 0.538. The number of ether oxygens (including phenoxy) is 1. The fourth-order valence-corrected chi connectivity index (χ4v) is 2.34. The Kier molecular flexibility index (Phi) is 4.15. The van der Waals surface area contributed by atoms with Crippen molar-refractivity contribution in [2.45, 2.75) is 19.4 Å². The Bertz CT molecular complexity index is 416. The molecule has 18 heavy (non-hydrogen) atoms. The number of pyridine rings is 1. The number of likely N-dealkylation sites (N-methyl/N-ethyl adjacent to an activating group) is 1. The maximum atomic E-state index is 12.5. The smallest absolute Gasteiger partial charge is 0.259 e. The number of amides is 1. The first-order chi connectivity index (χ1) is 8.77. The average molecular weight is 249 g/mol. The summed E-state index contributed by atoms with van der Waals surface area (Å²) in [7, 11) is 1.53. The summed E-state index contributed by atoms with van der Waals surface area (Å²) in [5.74, 6) is 0.392. The topological polar surface area (TPSA) is 54.5 Å². The number of nitrogens with one attached hydrogen (secondary N) is 1. The summed E-state index contributed by atoms with van der Waals surface area (Å²) in [5, 5.41) is 3.28. The molecule has 1 aromatic rings. The van der Waals surface area contributed by atoms with E-state index in [1.807, 2.05) is 11.8 Å². The highest BCUT2D eigenvalue weighted by molar-refractivity contribution is 5.96. The van der Waals surface area contributed by atoms with Crippen molar-refractivity contribution < 1.29 is 9.53 Å². The predicted molar refractivity (Wildman–Crippen MR) is 68.8 cm³/mol. The molecule has 1 aliphatic heterocycles. The van der Waals surface area contributed by atoms with Crippen molar-refractivity contribution in [1.82, 2.24) is 15.2 Å². The Morgan fingerprint density at radius 2 is 2.50 bits per heavy atom. The van der Waals surface area contributed by atoms with E-state index in [2.05, 4.69) is 10.3 Å². The van der Waals surface area contributed by atoms with Crippen LogP contribution in [0.15, 0.2) is 18.3 Å². The zero-order valence-corrected chi connectivity index (χ0v) is 10.8. The number of carbonyl (C=O) groups is 1. The lowest BCUT2D eigenvalue weighted by Gasteiger charge is -2.27. The van der Waals surface area contributed by atoms with E-state index in [-0.39, 0.29) is 11.9 Å². The van der Waals surface area contributed by atoms with Gasteiger partial charge in [-0.25, -0.2) is 4.98 Å². The second kappa shape index (κ2) is 5.82. The van der Waals surface area contributed by atoms with E-state index < -0.39 is 0 Å². The molecule has 1 amide bonds. The van der Waals surface area contributed by atoms with Crippen LogP contribution in [0.4, 0.5) is 0 Å². The Labute approximate surface area is 107 Å². The van der Waals surface area contributed by atoms with Crippen LogP contribution in [0, 0.1) is 0 Å². The number of carbonyl (C=O) groups excluding carboxylic acids is 1. The van der Waals surface area contributed by atoms with E-state index in [0.29, 0.717) is 18.0 Å². The van der Waals surface area contributed by atoms with Gasteiger partial charge in [-0.2, -0.15) is 0 Å². The molecule has 98 valence electrons. The van der Waals surface area contributed by atoms with Crippen molar-refractivity contribution in [2.75, 3.05) is 26.7 Å². The molecule has 1 atom stereocenters. The Morgan fingerprint density at radius 1 is 1.67 bits per heavy atom. The highest BCUT2D eigenvalue weighted by Gasteiger charge is 2.27. The van der Waals surface area contributed by atoms with Crippen LogP contribution < -0.4 is 10.1 Å². The third-order valence-corrected chi connectivity index (χ3v) is 3.27. The zero-order valence-electron chi connectivity index (χ0n) is 10.8. The summed E-state index contributed by atoms with van der Waals surface area (Å²) in [6.07, 6.45) is 2.63. The van der Waals surface area contributed by atoms with Crippen molar-refractivity contribution in [2.24, 2.45) is 0 Å². The van der Waals surface area contributed by atoms with Gasteiger partial charge < -0.3 is 15.0 Å². The Morgan fingerprint density at radius 3 is 3.11 bits per heavy atom. The van der Waals surface area contributed by atoms with Crippen LogP contribution in [0.2, 0.25) is 0 Å². The quantitative estimate of drug-likeness (QED) is 0.862. The molecule has 0 radical (unpaired) electrons. The number of aromatic nitrogens is 1. The van der Waals surface area contributed by atoms with E-state index >= 15 is 0 Å².